The summed E-state index contributed by atoms with van der Waals surface area (Å²) in [6.07, 6.45) is 6.12. The van der Waals surface area contributed by atoms with E-state index in [4.69, 9.17) is 0 Å². The fourth-order valence-electron chi connectivity index (χ4n) is 4.00. The third-order valence-electron chi connectivity index (χ3n) is 5.29. The van der Waals surface area contributed by atoms with Gasteiger partial charge in [-0.3, -0.25) is 14.9 Å². The van der Waals surface area contributed by atoms with Crippen molar-refractivity contribution in [2.24, 2.45) is 11.8 Å². The Kier molecular flexibility index (Phi) is 4.50. The minimum absolute atomic E-state index is 0.0501. The Morgan fingerprint density at radius 3 is 2.70 bits per heavy atom. The molecule has 3 rings (SSSR count). The number of nitrogens with zero attached hydrogens (tertiary/aromatic N) is 2. The Bertz CT molecular complexity index is 617. The predicted octanol–water partition coefficient (Wildman–Crippen LogP) is 3.29. The third kappa shape index (κ3) is 3.16. The number of benzene rings is 1. The number of fused-ring (bicyclic) bond motifs is 1. The molecule has 6 nitrogen and oxygen atoms in total. The van der Waals surface area contributed by atoms with Crippen molar-refractivity contribution in [3.8, 4) is 0 Å². The zero-order valence-electron chi connectivity index (χ0n) is 13.5. The van der Waals surface area contributed by atoms with E-state index in [1.807, 2.05) is 4.90 Å². The molecule has 2 fully saturated rings. The summed E-state index contributed by atoms with van der Waals surface area (Å²) in [5.74, 6) is 1.28. The Morgan fingerprint density at radius 2 is 2.00 bits per heavy atom. The number of anilines is 1. The monoisotopic (exact) mass is 317 g/mol. The van der Waals surface area contributed by atoms with Crippen LogP contribution in [0.25, 0.3) is 0 Å². The van der Waals surface area contributed by atoms with E-state index in [1.54, 1.807) is 19.2 Å². The first kappa shape index (κ1) is 15.8. The number of hydrogen-bond donors (Lipinski definition) is 1. The first-order chi connectivity index (χ1) is 11.1. The van der Waals surface area contributed by atoms with Gasteiger partial charge >= 0.3 is 0 Å². The fraction of sp³-hybridized carbons (Fsp3) is 0.588. The molecule has 0 bridgehead atoms. The molecule has 124 valence electrons. The Labute approximate surface area is 136 Å². The van der Waals surface area contributed by atoms with E-state index in [9.17, 15) is 14.9 Å². The van der Waals surface area contributed by atoms with Gasteiger partial charge in [0, 0.05) is 31.8 Å². The molecular formula is C17H23N3O3. The van der Waals surface area contributed by atoms with Gasteiger partial charge in [-0.05, 0) is 36.8 Å². The van der Waals surface area contributed by atoms with E-state index in [0.717, 1.165) is 25.4 Å². The van der Waals surface area contributed by atoms with Crippen LogP contribution in [0.3, 0.4) is 0 Å². The van der Waals surface area contributed by atoms with Crippen molar-refractivity contribution in [2.45, 2.75) is 32.1 Å². The number of nitrogens with one attached hydrogen (secondary N) is 1. The number of carbonyl (C=O) groups is 1. The van der Waals surface area contributed by atoms with Crippen molar-refractivity contribution in [2.75, 3.05) is 25.5 Å². The molecular weight excluding hydrogens is 294 g/mol. The van der Waals surface area contributed by atoms with Crippen LogP contribution in [-0.4, -0.2) is 35.9 Å². The normalized spacial score (nSPS) is 24.0. The Morgan fingerprint density at radius 1 is 1.26 bits per heavy atom. The van der Waals surface area contributed by atoms with Gasteiger partial charge in [-0.2, -0.15) is 0 Å². The highest BCUT2D eigenvalue weighted by molar-refractivity contribution is 5.95. The lowest BCUT2D eigenvalue weighted by Gasteiger charge is -2.41. The number of hydrogen-bond acceptors (Lipinski definition) is 4. The quantitative estimate of drug-likeness (QED) is 0.685. The second kappa shape index (κ2) is 6.56. The second-order valence-corrected chi connectivity index (χ2v) is 6.58. The molecule has 1 aromatic carbocycles. The molecule has 2 aliphatic rings. The molecule has 23 heavy (non-hydrogen) atoms. The predicted molar refractivity (Wildman–Crippen MR) is 88.6 cm³/mol. The first-order valence-corrected chi connectivity index (χ1v) is 8.35. The number of likely N-dealkylation sites (tertiary alicyclic amines) is 1. The van der Waals surface area contributed by atoms with E-state index in [-0.39, 0.29) is 11.6 Å². The van der Waals surface area contributed by atoms with E-state index >= 15 is 0 Å². The fourth-order valence-corrected chi connectivity index (χ4v) is 4.00. The lowest BCUT2D eigenvalue weighted by atomic mass is 9.75. The molecule has 1 aliphatic heterocycles. The molecule has 0 radical (unpaired) electrons. The van der Waals surface area contributed by atoms with Gasteiger partial charge in [0.25, 0.3) is 11.6 Å². The largest absolute Gasteiger partial charge is 0.383 e. The molecule has 0 aromatic heterocycles. The smallest absolute Gasteiger partial charge is 0.293 e. The number of piperidine rings is 1. The first-order valence-electron chi connectivity index (χ1n) is 8.35. The molecule has 1 saturated heterocycles. The van der Waals surface area contributed by atoms with Crippen molar-refractivity contribution < 1.29 is 9.72 Å². The SMILES string of the molecule is CNc1ccc(C(=O)N2CC[C@H]3CCCC[C@H]3C2)cc1[N+](=O)[O-]. The number of nitro benzene ring substituents is 1. The van der Waals surface area contributed by atoms with Crippen LogP contribution < -0.4 is 5.32 Å². The van der Waals surface area contributed by atoms with Gasteiger partial charge in [-0.15, -0.1) is 0 Å². The van der Waals surface area contributed by atoms with Gasteiger partial charge in [0.1, 0.15) is 5.69 Å². The number of nitro groups is 1. The average molecular weight is 317 g/mol. The zero-order chi connectivity index (χ0) is 16.4. The molecule has 1 aliphatic carbocycles. The van der Waals surface area contributed by atoms with Crippen molar-refractivity contribution in [1.82, 2.24) is 4.90 Å². The minimum Gasteiger partial charge on any atom is -0.383 e. The summed E-state index contributed by atoms with van der Waals surface area (Å²) < 4.78 is 0. The molecule has 0 spiro atoms. The summed E-state index contributed by atoms with van der Waals surface area (Å²) in [7, 11) is 1.64. The summed E-state index contributed by atoms with van der Waals surface area (Å²) in [5.41, 5.74) is 0.786. The van der Waals surface area contributed by atoms with E-state index in [2.05, 4.69) is 5.32 Å². The summed E-state index contributed by atoms with van der Waals surface area (Å²) in [6, 6.07) is 4.67. The summed E-state index contributed by atoms with van der Waals surface area (Å²) in [4.78, 5) is 25.3. The molecule has 0 unspecified atom stereocenters. The van der Waals surface area contributed by atoms with Crippen LogP contribution in [0, 0.1) is 22.0 Å². The standard InChI is InChI=1S/C17H23N3O3/c1-18-15-7-6-13(10-16(15)20(22)23)17(21)19-9-8-12-4-2-3-5-14(12)11-19/h6-7,10,12,14,18H,2-5,8-9,11H2,1H3/t12-,14+/m1/s1. The highest BCUT2D eigenvalue weighted by Crippen LogP contribution is 2.36. The van der Waals surface area contributed by atoms with E-state index in [1.165, 1.54) is 31.7 Å². The Balaban J connectivity index is 1.77. The van der Waals surface area contributed by atoms with Crippen LogP contribution in [0.1, 0.15) is 42.5 Å². The van der Waals surface area contributed by atoms with Crippen molar-refractivity contribution >= 4 is 17.3 Å². The summed E-state index contributed by atoms with van der Waals surface area (Å²) in [6.45, 7) is 1.56. The van der Waals surface area contributed by atoms with Crippen LogP contribution in [0.15, 0.2) is 18.2 Å². The van der Waals surface area contributed by atoms with Crippen molar-refractivity contribution in [3.05, 3.63) is 33.9 Å². The molecule has 1 aromatic rings. The highest BCUT2D eigenvalue weighted by Gasteiger charge is 2.33. The summed E-state index contributed by atoms with van der Waals surface area (Å²) in [5, 5.41) is 14.0. The van der Waals surface area contributed by atoms with E-state index in [0.29, 0.717) is 17.2 Å². The number of rotatable bonds is 3. The van der Waals surface area contributed by atoms with Gasteiger partial charge in [0.15, 0.2) is 0 Å². The average Bonchev–Trinajstić information content (AvgIpc) is 2.60. The number of amides is 1. The molecule has 1 amide bonds. The van der Waals surface area contributed by atoms with E-state index < -0.39 is 4.92 Å². The lowest BCUT2D eigenvalue weighted by Crippen LogP contribution is -2.44. The van der Waals surface area contributed by atoms with Crippen LogP contribution in [0.4, 0.5) is 11.4 Å². The minimum atomic E-state index is -0.448. The van der Waals surface area contributed by atoms with Gasteiger partial charge in [-0.25, -0.2) is 0 Å². The van der Waals surface area contributed by atoms with Crippen molar-refractivity contribution in [3.63, 3.8) is 0 Å². The maximum absolute atomic E-state index is 12.7. The molecule has 1 saturated carbocycles. The van der Waals surface area contributed by atoms with Gasteiger partial charge in [0.05, 0.1) is 4.92 Å². The van der Waals surface area contributed by atoms with Gasteiger partial charge in [-0.1, -0.05) is 19.3 Å². The van der Waals surface area contributed by atoms with Crippen molar-refractivity contribution in [1.29, 1.82) is 0 Å². The highest BCUT2D eigenvalue weighted by atomic mass is 16.6. The second-order valence-electron chi connectivity index (χ2n) is 6.58. The van der Waals surface area contributed by atoms with Crippen LogP contribution in [0.2, 0.25) is 0 Å². The molecule has 1 heterocycles. The Hall–Kier alpha value is -2.11. The van der Waals surface area contributed by atoms with Gasteiger partial charge in [0.2, 0.25) is 0 Å². The third-order valence-corrected chi connectivity index (χ3v) is 5.29. The van der Waals surface area contributed by atoms with Crippen LogP contribution in [0.5, 0.6) is 0 Å². The van der Waals surface area contributed by atoms with Gasteiger partial charge < -0.3 is 10.2 Å². The van der Waals surface area contributed by atoms with Crippen LogP contribution in [-0.2, 0) is 0 Å². The molecule has 1 N–H and O–H groups in total. The molecule has 6 heteroatoms. The lowest BCUT2D eigenvalue weighted by molar-refractivity contribution is -0.384. The topological polar surface area (TPSA) is 75.5 Å². The zero-order valence-corrected chi connectivity index (χ0v) is 13.5. The molecule has 2 atom stereocenters. The maximum Gasteiger partial charge on any atom is 0.293 e. The number of carbonyl (C=O) groups excluding carboxylic acids is 1. The maximum atomic E-state index is 12.7. The van der Waals surface area contributed by atoms with Crippen LogP contribution >= 0.6 is 0 Å². The summed E-state index contributed by atoms with van der Waals surface area (Å²) >= 11 is 0.